The molecule has 0 spiro atoms. The van der Waals surface area contributed by atoms with Gasteiger partial charge in [0.25, 0.3) is 0 Å². The first-order valence-corrected chi connectivity index (χ1v) is 8.65. The second kappa shape index (κ2) is 7.50. The normalized spacial score (nSPS) is 13.0. The first kappa shape index (κ1) is 16.8. The van der Waals surface area contributed by atoms with E-state index in [2.05, 4.69) is 0 Å². The van der Waals surface area contributed by atoms with Gasteiger partial charge in [-0.25, -0.2) is 8.42 Å². The van der Waals surface area contributed by atoms with E-state index in [4.69, 9.17) is 15.2 Å². The molecule has 0 bridgehead atoms. The molecule has 1 aromatic carbocycles. The summed E-state index contributed by atoms with van der Waals surface area (Å²) in [6, 6.07) is 5.63. The molecule has 1 atom stereocenters. The van der Waals surface area contributed by atoms with E-state index in [-0.39, 0.29) is 18.4 Å². The quantitative estimate of drug-likeness (QED) is 0.785. The van der Waals surface area contributed by atoms with Crippen LogP contribution in [0.25, 0.3) is 0 Å². The second-order valence-corrected chi connectivity index (χ2v) is 7.06. The second-order valence-electron chi connectivity index (χ2n) is 4.80. The highest BCUT2D eigenvalue weighted by molar-refractivity contribution is 7.90. The maximum atomic E-state index is 11.2. The molecule has 0 aliphatic carbocycles. The summed E-state index contributed by atoms with van der Waals surface area (Å²) in [5.41, 5.74) is 6.91. The van der Waals surface area contributed by atoms with E-state index in [9.17, 15) is 8.42 Å². The number of ether oxygens (including phenoxy) is 2. The third-order valence-electron chi connectivity index (χ3n) is 2.99. The highest BCUT2D eigenvalue weighted by Gasteiger charge is 2.14. The number of hydrogen-bond acceptors (Lipinski definition) is 5. The van der Waals surface area contributed by atoms with E-state index in [0.29, 0.717) is 17.9 Å². The summed E-state index contributed by atoms with van der Waals surface area (Å²) in [7, 11) is -1.49. The Hall–Kier alpha value is -1.27. The van der Waals surface area contributed by atoms with Gasteiger partial charge in [0.15, 0.2) is 21.3 Å². The Labute approximate surface area is 121 Å². The maximum Gasteiger partial charge on any atom is 0.164 e. The Morgan fingerprint density at radius 2 is 2.05 bits per heavy atom. The van der Waals surface area contributed by atoms with Crippen LogP contribution >= 0.6 is 0 Å². The van der Waals surface area contributed by atoms with E-state index in [0.717, 1.165) is 12.0 Å². The van der Waals surface area contributed by atoms with Crippen molar-refractivity contribution in [3.05, 3.63) is 23.8 Å². The molecule has 0 aliphatic rings. The van der Waals surface area contributed by atoms with Gasteiger partial charge in [0, 0.05) is 12.3 Å². The smallest absolute Gasteiger partial charge is 0.164 e. The third-order valence-corrected chi connectivity index (χ3v) is 3.90. The van der Waals surface area contributed by atoms with Crippen molar-refractivity contribution in [2.24, 2.45) is 5.73 Å². The Morgan fingerprint density at radius 1 is 1.35 bits per heavy atom. The van der Waals surface area contributed by atoms with Gasteiger partial charge in [0.1, 0.15) is 6.61 Å². The maximum absolute atomic E-state index is 11.2. The van der Waals surface area contributed by atoms with Gasteiger partial charge < -0.3 is 15.2 Å². The zero-order valence-corrected chi connectivity index (χ0v) is 13.1. The summed E-state index contributed by atoms with van der Waals surface area (Å²) >= 11 is 0. The summed E-state index contributed by atoms with van der Waals surface area (Å²) in [4.78, 5) is 0. The van der Waals surface area contributed by atoms with Crippen LogP contribution in [0, 0.1) is 0 Å². The fraction of sp³-hybridized carbons (Fsp3) is 0.571. The van der Waals surface area contributed by atoms with Crippen LogP contribution in [0.4, 0.5) is 0 Å². The van der Waals surface area contributed by atoms with Crippen LogP contribution in [-0.4, -0.2) is 40.2 Å². The lowest BCUT2D eigenvalue weighted by Gasteiger charge is -2.17. The van der Waals surface area contributed by atoms with Crippen molar-refractivity contribution >= 4 is 9.84 Å². The van der Waals surface area contributed by atoms with Crippen molar-refractivity contribution in [3.63, 3.8) is 0 Å². The number of benzene rings is 1. The number of nitrogens with two attached hydrogens (primary N) is 1. The van der Waals surface area contributed by atoms with Crippen LogP contribution in [0.3, 0.4) is 0 Å². The Bertz CT molecular complexity index is 528. The summed E-state index contributed by atoms with van der Waals surface area (Å²) < 4.78 is 33.2. The van der Waals surface area contributed by atoms with Crippen LogP contribution < -0.4 is 15.2 Å². The Balaban J connectivity index is 2.89. The first-order chi connectivity index (χ1) is 9.37. The summed E-state index contributed by atoms with van der Waals surface area (Å²) in [6.45, 7) is 2.13. The van der Waals surface area contributed by atoms with Crippen molar-refractivity contribution < 1.29 is 17.9 Å². The molecule has 0 heterocycles. The number of methoxy groups -OCH3 is 1. The van der Waals surface area contributed by atoms with Gasteiger partial charge in [0.2, 0.25) is 0 Å². The van der Waals surface area contributed by atoms with Crippen LogP contribution in [0.2, 0.25) is 0 Å². The molecule has 0 aliphatic heterocycles. The molecule has 2 N–H and O–H groups in total. The van der Waals surface area contributed by atoms with Crippen molar-refractivity contribution in [1.82, 2.24) is 0 Å². The molecule has 6 heteroatoms. The van der Waals surface area contributed by atoms with Crippen LogP contribution in [0.5, 0.6) is 11.5 Å². The lowest BCUT2D eigenvalue weighted by atomic mass is 10.0. The van der Waals surface area contributed by atoms with Crippen molar-refractivity contribution in [1.29, 1.82) is 0 Å². The van der Waals surface area contributed by atoms with Gasteiger partial charge in [-0.1, -0.05) is 19.1 Å². The minimum absolute atomic E-state index is 0.0235. The van der Waals surface area contributed by atoms with Gasteiger partial charge in [-0.05, 0) is 24.5 Å². The molecule has 0 saturated heterocycles. The van der Waals surface area contributed by atoms with E-state index in [1.807, 2.05) is 19.1 Å². The fourth-order valence-electron chi connectivity index (χ4n) is 1.77. The van der Waals surface area contributed by atoms with Crippen molar-refractivity contribution in [2.45, 2.75) is 25.8 Å². The predicted octanol–water partition coefficient (Wildman–Crippen LogP) is 1.40. The molecule has 0 fully saturated rings. The summed E-state index contributed by atoms with van der Waals surface area (Å²) in [5, 5.41) is 0. The van der Waals surface area contributed by atoms with Gasteiger partial charge in [-0.3, -0.25) is 0 Å². The summed E-state index contributed by atoms with van der Waals surface area (Å²) in [5.74, 6) is 1.16. The van der Waals surface area contributed by atoms with E-state index in [1.165, 1.54) is 6.26 Å². The SMILES string of the molecule is CCC(N)Cc1cccc(OC)c1OCCS(C)(=O)=O. The van der Waals surface area contributed by atoms with Crippen molar-refractivity contribution in [2.75, 3.05) is 25.7 Å². The molecule has 5 nitrogen and oxygen atoms in total. The Morgan fingerprint density at radius 3 is 2.60 bits per heavy atom. The minimum Gasteiger partial charge on any atom is -0.493 e. The average molecular weight is 301 g/mol. The monoisotopic (exact) mass is 301 g/mol. The molecule has 0 saturated carbocycles. The molecule has 1 rings (SSSR count). The predicted molar refractivity (Wildman–Crippen MR) is 80.2 cm³/mol. The molecule has 114 valence electrons. The molecular weight excluding hydrogens is 278 g/mol. The van der Waals surface area contributed by atoms with E-state index < -0.39 is 9.84 Å². The van der Waals surface area contributed by atoms with Crippen LogP contribution in [0.1, 0.15) is 18.9 Å². The van der Waals surface area contributed by atoms with E-state index >= 15 is 0 Å². The third kappa shape index (κ3) is 5.38. The first-order valence-electron chi connectivity index (χ1n) is 6.59. The van der Waals surface area contributed by atoms with Gasteiger partial charge in [0.05, 0.1) is 12.9 Å². The molecule has 0 radical (unpaired) electrons. The number of rotatable bonds is 8. The number of para-hydroxylation sites is 1. The van der Waals surface area contributed by atoms with E-state index in [1.54, 1.807) is 13.2 Å². The van der Waals surface area contributed by atoms with Crippen molar-refractivity contribution in [3.8, 4) is 11.5 Å². The molecule has 0 amide bonds. The summed E-state index contributed by atoms with van der Waals surface area (Å²) in [6.07, 6.45) is 2.72. The molecule has 0 aromatic heterocycles. The largest absolute Gasteiger partial charge is 0.493 e. The van der Waals surface area contributed by atoms with Crippen LogP contribution in [-0.2, 0) is 16.3 Å². The lowest BCUT2D eigenvalue weighted by Crippen LogP contribution is -2.22. The minimum atomic E-state index is -3.04. The van der Waals surface area contributed by atoms with Gasteiger partial charge in [-0.15, -0.1) is 0 Å². The molecule has 1 aromatic rings. The van der Waals surface area contributed by atoms with Gasteiger partial charge in [-0.2, -0.15) is 0 Å². The lowest BCUT2D eigenvalue weighted by molar-refractivity contribution is 0.307. The average Bonchev–Trinajstić information content (AvgIpc) is 2.38. The van der Waals surface area contributed by atoms with Gasteiger partial charge >= 0.3 is 0 Å². The zero-order valence-electron chi connectivity index (χ0n) is 12.3. The topological polar surface area (TPSA) is 78.6 Å². The number of hydrogen-bond donors (Lipinski definition) is 1. The standard InChI is InChI=1S/C14H23NO4S/c1-4-12(15)10-11-6-5-7-13(18-2)14(11)19-8-9-20(3,16)17/h5-7,12H,4,8-10,15H2,1-3H3. The fourth-order valence-corrected chi connectivity index (χ4v) is 2.15. The number of sulfone groups is 1. The Kier molecular flexibility index (Phi) is 6.29. The molecular formula is C14H23NO4S. The molecule has 1 unspecified atom stereocenters. The van der Waals surface area contributed by atoms with Crippen LogP contribution in [0.15, 0.2) is 18.2 Å². The molecule has 20 heavy (non-hydrogen) atoms. The highest BCUT2D eigenvalue weighted by Crippen LogP contribution is 2.32. The highest BCUT2D eigenvalue weighted by atomic mass is 32.2. The zero-order chi connectivity index (χ0) is 15.2.